The van der Waals surface area contributed by atoms with E-state index in [9.17, 15) is 0 Å². The number of piperidine rings is 2. The van der Waals surface area contributed by atoms with Gasteiger partial charge in [0, 0.05) is 30.6 Å². The number of nitrogens with one attached hydrogen (secondary N) is 1. The molecule has 0 radical (unpaired) electrons. The van der Waals surface area contributed by atoms with E-state index in [0.29, 0.717) is 12.0 Å². The zero-order chi connectivity index (χ0) is 28.1. The molecule has 2 saturated heterocycles. The summed E-state index contributed by atoms with van der Waals surface area (Å²) in [4.78, 5) is 2.64. The highest BCUT2D eigenvalue weighted by molar-refractivity contribution is 5.31. The lowest BCUT2D eigenvalue weighted by molar-refractivity contribution is 0.139. The van der Waals surface area contributed by atoms with Crippen molar-refractivity contribution in [2.45, 2.75) is 99.5 Å². The Morgan fingerprint density at radius 2 is 1.72 bits per heavy atom. The maximum absolute atomic E-state index is 6.50. The van der Waals surface area contributed by atoms with Gasteiger partial charge in [-0.2, -0.15) is 0 Å². The molecule has 0 aromatic heterocycles. The molecule has 2 aliphatic heterocycles. The summed E-state index contributed by atoms with van der Waals surface area (Å²) in [7, 11) is 0. The van der Waals surface area contributed by atoms with E-state index in [1.807, 2.05) is 0 Å². The molecule has 36 heavy (non-hydrogen) atoms. The number of allylic oxidation sites excluding steroid dienone is 2. The molecule has 202 valence electrons. The van der Waals surface area contributed by atoms with Crippen LogP contribution in [-0.2, 0) is 12.8 Å². The van der Waals surface area contributed by atoms with Crippen LogP contribution in [-0.4, -0.2) is 24.0 Å². The smallest absolute Gasteiger partial charge is 0.0462 e. The monoisotopic (exact) mass is 493 g/mol. The first kappa shape index (κ1) is 35.6. The van der Waals surface area contributed by atoms with Gasteiger partial charge in [0.25, 0.3) is 0 Å². The summed E-state index contributed by atoms with van der Waals surface area (Å²) in [5.41, 5.74) is 8.98. The number of likely N-dealkylation sites (tertiary alicyclic amines) is 1. The minimum atomic E-state index is 0.621. The molecule has 1 aromatic rings. The Hall–Kier alpha value is -2.53. The molecule has 0 saturated carbocycles. The Morgan fingerprint density at radius 1 is 1.14 bits per heavy atom. The van der Waals surface area contributed by atoms with Crippen LogP contribution in [0, 0.1) is 30.6 Å². The number of hydrogen-bond acceptors (Lipinski definition) is 3. The highest BCUT2D eigenvalue weighted by Gasteiger charge is 2.21. The van der Waals surface area contributed by atoms with Crippen molar-refractivity contribution in [1.82, 2.24) is 10.2 Å². The lowest BCUT2D eigenvalue weighted by Crippen LogP contribution is -2.40. The Bertz CT molecular complexity index is 796. The maximum Gasteiger partial charge on any atom is 0.0462 e. The van der Waals surface area contributed by atoms with E-state index >= 15 is 0 Å². The number of hydrogen-bond donors (Lipinski definition) is 1. The molecule has 0 aliphatic carbocycles. The third kappa shape index (κ3) is 15.5. The largest absolute Gasteiger partial charge is 0.363 e. The van der Waals surface area contributed by atoms with Crippen molar-refractivity contribution in [2.75, 3.05) is 13.1 Å². The van der Waals surface area contributed by atoms with E-state index in [0.717, 1.165) is 30.2 Å². The zero-order valence-corrected chi connectivity index (χ0v) is 24.6. The van der Waals surface area contributed by atoms with E-state index < -0.39 is 0 Å². The molecule has 2 fully saturated rings. The number of nitrogens with zero attached hydrogens (tertiary/aromatic N) is 2. The van der Waals surface area contributed by atoms with Crippen molar-refractivity contribution in [3.63, 3.8) is 0 Å². The summed E-state index contributed by atoms with van der Waals surface area (Å²) in [6.07, 6.45) is 8.73. The standard InChI is InChI=1S/C18H29N.C8H13N.C3H8.C3H4.CHN/c1-5-18-12-16(9-8-15(18)4)11-17-7-6-10-19(13-17)14(2)3;1-6-4-5-7(2)9-8(6)3;2*1-3-2;1-2/h8-9,12,14,17H,5-7,10-11,13H2,1-4H3;6,9H,2-5H2,1H3;3H2,1-2H3;1-2H2;1H. The predicted molar refractivity (Wildman–Crippen MR) is 161 cm³/mol. The molecule has 1 aromatic carbocycles. The summed E-state index contributed by atoms with van der Waals surface area (Å²) >= 11 is 0. The Kier molecular flexibility index (Phi) is 21.5. The van der Waals surface area contributed by atoms with Gasteiger partial charge in [-0.15, -0.1) is 5.73 Å². The van der Waals surface area contributed by atoms with E-state index in [1.54, 1.807) is 0 Å². The fourth-order valence-corrected chi connectivity index (χ4v) is 4.28. The summed E-state index contributed by atoms with van der Waals surface area (Å²) < 4.78 is 0. The van der Waals surface area contributed by atoms with Crippen molar-refractivity contribution >= 4 is 0 Å². The van der Waals surface area contributed by atoms with Crippen LogP contribution in [0.5, 0.6) is 0 Å². The van der Waals surface area contributed by atoms with Crippen LogP contribution < -0.4 is 5.32 Å². The summed E-state index contributed by atoms with van der Waals surface area (Å²) in [5, 5.41) is 9.64. The number of nitriles is 1. The second-order valence-corrected chi connectivity index (χ2v) is 10.1. The molecular weight excluding hydrogens is 438 g/mol. The minimum absolute atomic E-state index is 0.621. The predicted octanol–water partition coefficient (Wildman–Crippen LogP) is 8.77. The fraction of sp³-hybridized carbons (Fsp3) is 0.576. The first-order valence-corrected chi connectivity index (χ1v) is 13.6. The fourth-order valence-electron chi connectivity index (χ4n) is 4.28. The van der Waals surface area contributed by atoms with Gasteiger partial charge >= 0.3 is 0 Å². The lowest BCUT2D eigenvalue weighted by atomic mass is 9.89. The number of benzene rings is 1. The highest BCUT2D eigenvalue weighted by atomic mass is 15.2. The van der Waals surface area contributed by atoms with Crippen molar-refractivity contribution < 1.29 is 0 Å². The SMILES string of the molecule is C#N.C=C1CCC(C)C(=C)N1.C=C=C.CCC.CCc1cc(CC2CCCN(C(C)C)C2)ccc1C. The van der Waals surface area contributed by atoms with Gasteiger partial charge in [-0.1, -0.05) is 78.6 Å². The third-order valence-electron chi connectivity index (χ3n) is 6.41. The van der Waals surface area contributed by atoms with E-state index in [-0.39, 0.29) is 0 Å². The lowest BCUT2D eigenvalue weighted by Gasteiger charge is -2.35. The minimum Gasteiger partial charge on any atom is -0.363 e. The van der Waals surface area contributed by atoms with Crippen LogP contribution in [0.3, 0.4) is 0 Å². The molecule has 2 atom stereocenters. The average molecular weight is 494 g/mol. The van der Waals surface area contributed by atoms with Gasteiger partial charge in [0.2, 0.25) is 0 Å². The van der Waals surface area contributed by atoms with Crippen molar-refractivity contribution in [1.29, 1.82) is 5.26 Å². The van der Waals surface area contributed by atoms with E-state index in [4.69, 9.17) is 5.26 Å². The van der Waals surface area contributed by atoms with Crippen LogP contribution in [0.1, 0.15) is 90.3 Å². The number of aryl methyl sites for hydroxylation is 2. The second kappa shape index (κ2) is 21.7. The molecule has 0 spiro atoms. The topological polar surface area (TPSA) is 39.1 Å². The van der Waals surface area contributed by atoms with Crippen molar-refractivity contribution in [2.24, 2.45) is 11.8 Å². The molecular formula is C33H55N3. The Morgan fingerprint density at radius 3 is 2.19 bits per heavy atom. The molecule has 3 heteroatoms. The van der Waals surface area contributed by atoms with Gasteiger partial charge in [-0.05, 0) is 94.4 Å². The van der Waals surface area contributed by atoms with Crippen LogP contribution in [0.25, 0.3) is 0 Å². The molecule has 1 N–H and O–H groups in total. The maximum atomic E-state index is 6.50. The molecule has 2 aliphatic rings. The first-order valence-electron chi connectivity index (χ1n) is 13.6. The Labute approximate surface area is 224 Å². The van der Waals surface area contributed by atoms with E-state index in [2.05, 4.69) is 116 Å². The highest BCUT2D eigenvalue weighted by Crippen LogP contribution is 2.24. The van der Waals surface area contributed by atoms with Gasteiger partial charge in [0.05, 0.1) is 0 Å². The van der Waals surface area contributed by atoms with Crippen LogP contribution in [0.2, 0.25) is 0 Å². The van der Waals surface area contributed by atoms with Crippen molar-refractivity contribution in [3.8, 4) is 6.57 Å². The van der Waals surface area contributed by atoms with Crippen LogP contribution in [0.15, 0.2) is 61.6 Å². The van der Waals surface area contributed by atoms with Crippen LogP contribution >= 0.6 is 0 Å². The average Bonchev–Trinajstić information content (AvgIpc) is 2.86. The Balaban J connectivity index is 0. The van der Waals surface area contributed by atoms with Crippen LogP contribution in [0.4, 0.5) is 0 Å². The number of rotatable bonds is 4. The summed E-state index contributed by atoms with van der Waals surface area (Å²) in [5.74, 6) is 1.47. The molecule has 3 rings (SSSR count). The quantitative estimate of drug-likeness (QED) is 0.426. The molecule has 2 unspecified atom stereocenters. The van der Waals surface area contributed by atoms with Gasteiger partial charge < -0.3 is 10.2 Å². The molecule has 3 nitrogen and oxygen atoms in total. The summed E-state index contributed by atoms with van der Waals surface area (Å²) in [6, 6.07) is 7.77. The zero-order valence-electron chi connectivity index (χ0n) is 24.6. The third-order valence-corrected chi connectivity index (χ3v) is 6.41. The second-order valence-electron chi connectivity index (χ2n) is 10.1. The molecule has 0 bridgehead atoms. The van der Waals surface area contributed by atoms with E-state index in [1.165, 1.54) is 61.9 Å². The van der Waals surface area contributed by atoms with Gasteiger partial charge in [0.1, 0.15) is 0 Å². The van der Waals surface area contributed by atoms with Gasteiger partial charge in [0.15, 0.2) is 0 Å². The molecule has 0 amide bonds. The molecule has 2 heterocycles. The normalized spacial score (nSPS) is 18.8. The first-order chi connectivity index (χ1) is 17.1. The van der Waals surface area contributed by atoms with Crippen molar-refractivity contribution in [3.05, 3.63) is 78.3 Å². The van der Waals surface area contributed by atoms with Gasteiger partial charge in [-0.25, -0.2) is 5.26 Å². The summed E-state index contributed by atoms with van der Waals surface area (Å²) in [6.45, 7) is 35.6. The van der Waals surface area contributed by atoms with Gasteiger partial charge in [-0.3, -0.25) is 0 Å².